The van der Waals surface area contributed by atoms with E-state index >= 15 is 0 Å². The third-order valence-electron chi connectivity index (χ3n) is 4.32. The lowest BCUT2D eigenvalue weighted by Gasteiger charge is -2.23. The predicted molar refractivity (Wildman–Crippen MR) is 112 cm³/mol. The highest BCUT2D eigenvalue weighted by Gasteiger charge is 2.26. The zero-order valence-corrected chi connectivity index (χ0v) is 16.6. The summed E-state index contributed by atoms with van der Waals surface area (Å²) in [5.41, 5.74) is 0.747. The Kier molecular flexibility index (Phi) is 7.22. The fourth-order valence-electron chi connectivity index (χ4n) is 2.79. The predicted octanol–water partition coefficient (Wildman–Crippen LogP) is 5.09. The molecule has 0 aliphatic rings. The normalized spacial score (nSPS) is 10.6. The molecule has 2 aromatic rings. The number of terminal acetylenes is 1. The summed E-state index contributed by atoms with van der Waals surface area (Å²) in [6.45, 7) is 5.95. The first-order valence-electron chi connectivity index (χ1n) is 9.26. The molecule has 0 saturated carbocycles. The van der Waals surface area contributed by atoms with Crippen molar-refractivity contribution in [2.24, 2.45) is 5.41 Å². The van der Waals surface area contributed by atoms with Crippen LogP contribution >= 0.6 is 0 Å². The second kappa shape index (κ2) is 9.61. The maximum Gasteiger partial charge on any atom is 0.420 e. The number of carbonyl (C=O) groups excluding carboxylic acids is 2. The van der Waals surface area contributed by atoms with E-state index in [1.807, 2.05) is 39.0 Å². The Hall–Kier alpha value is -3.26. The number of nitrogens with zero attached hydrogens (tertiary/aromatic N) is 1. The van der Waals surface area contributed by atoms with Crippen molar-refractivity contribution in [3.8, 4) is 18.1 Å². The molecule has 0 unspecified atom stereocenters. The van der Waals surface area contributed by atoms with Gasteiger partial charge in [-0.3, -0.25) is 9.69 Å². The van der Waals surface area contributed by atoms with E-state index in [0.717, 1.165) is 12.8 Å². The standard InChI is InChI=1S/C23H26N2O3/c1-5-15-23(3,4)21(26)24-18-11-10-14-20(17-18)28-22(27)25(16-6-2)19-12-8-7-9-13-19/h2,7-14,17H,5,15-16H2,1,3-4H3,(H,24,26). The van der Waals surface area contributed by atoms with Crippen LogP contribution in [0.25, 0.3) is 0 Å². The molecule has 0 bridgehead atoms. The van der Waals surface area contributed by atoms with Crippen molar-refractivity contribution in [1.82, 2.24) is 0 Å². The molecule has 5 heteroatoms. The third-order valence-corrected chi connectivity index (χ3v) is 4.32. The molecule has 0 fully saturated rings. The molecular weight excluding hydrogens is 352 g/mol. The van der Waals surface area contributed by atoms with Gasteiger partial charge in [-0.15, -0.1) is 6.42 Å². The van der Waals surface area contributed by atoms with Crippen molar-refractivity contribution < 1.29 is 14.3 Å². The van der Waals surface area contributed by atoms with Crippen LogP contribution in [-0.2, 0) is 4.79 Å². The van der Waals surface area contributed by atoms with E-state index in [4.69, 9.17) is 11.2 Å². The Labute approximate surface area is 166 Å². The largest absolute Gasteiger partial charge is 0.420 e. The molecule has 0 aliphatic carbocycles. The van der Waals surface area contributed by atoms with Crippen molar-refractivity contribution in [2.75, 3.05) is 16.8 Å². The van der Waals surface area contributed by atoms with Gasteiger partial charge in [-0.2, -0.15) is 0 Å². The average Bonchev–Trinajstić information content (AvgIpc) is 2.67. The van der Waals surface area contributed by atoms with Crippen LogP contribution in [0.3, 0.4) is 0 Å². The Balaban J connectivity index is 2.12. The van der Waals surface area contributed by atoms with E-state index in [1.165, 1.54) is 4.90 Å². The van der Waals surface area contributed by atoms with Gasteiger partial charge in [0.15, 0.2) is 0 Å². The quantitative estimate of drug-likeness (QED) is 0.683. The van der Waals surface area contributed by atoms with E-state index < -0.39 is 11.5 Å². The molecule has 0 atom stereocenters. The van der Waals surface area contributed by atoms with Gasteiger partial charge in [0.05, 0.1) is 6.54 Å². The maximum atomic E-state index is 12.6. The van der Waals surface area contributed by atoms with Crippen LogP contribution < -0.4 is 15.0 Å². The van der Waals surface area contributed by atoms with Crippen molar-refractivity contribution in [3.05, 3.63) is 54.6 Å². The zero-order chi connectivity index (χ0) is 20.6. The van der Waals surface area contributed by atoms with E-state index in [-0.39, 0.29) is 12.5 Å². The van der Waals surface area contributed by atoms with Gasteiger partial charge in [-0.25, -0.2) is 4.79 Å². The van der Waals surface area contributed by atoms with Crippen LogP contribution in [0.4, 0.5) is 16.2 Å². The first-order valence-corrected chi connectivity index (χ1v) is 9.26. The summed E-state index contributed by atoms with van der Waals surface area (Å²) in [5.74, 6) is 2.72. The minimum absolute atomic E-state index is 0.0731. The summed E-state index contributed by atoms with van der Waals surface area (Å²) in [7, 11) is 0. The smallest absolute Gasteiger partial charge is 0.410 e. The van der Waals surface area contributed by atoms with Crippen molar-refractivity contribution in [1.29, 1.82) is 0 Å². The molecule has 0 heterocycles. The minimum atomic E-state index is -0.584. The molecule has 0 aliphatic heterocycles. The zero-order valence-electron chi connectivity index (χ0n) is 16.6. The van der Waals surface area contributed by atoms with Gasteiger partial charge in [-0.05, 0) is 30.7 Å². The Morgan fingerprint density at radius 1 is 1.14 bits per heavy atom. The molecule has 1 N–H and O–H groups in total. The fraction of sp³-hybridized carbons (Fsp3) is 0.304. The van der Waals surface area contributed by atoms with Crippen molar-refractivity contribution in [2.45, 2.75) is 33.6 Å². The van der Waals surface area contributed by atoms with Gasteiger partial charge < -0.3 is 10.1 Å². The molecule has 2 amide bonds. The second-order valence-electron chi connectivity index (χ2n) is 7.11. The van der Waals surface area contributed by atoms with E-state index in [2.05, 4.69) is 11.2 Å². The Bertz CT molecular complexity index is 854. The van der Waals surface area contributed by atoms with Crippen LogP contribution in [0.1, 0.15) is 33.6 Å². The Morgan fingerprint density at radius 3 is 2.50 bits per heavy atom. The summed E-state index contributed by atoms with van der Waals surface area (Å²) in [5, 5.41) is 2.89. The highest BCUT2D eigenvalue weighted by molar-refractivity contribution is 5.95. The van der Waals surface area contributed by atoms with Crippen LogP contribution in [0.15, 0.2) is 54.6 Å². The SMILES string of the molecule is C#CCN(C(=O)Oc1cccc(NC(=O)C(C)(C)CCC)c1)c1ccccc1. The summed E-state index contributed by atoms with van der Waals surface area (Å²) in [6, 6.07) is 15.8. The number of rotatable bonds is 7. The lowest BCUT2D eigenvalue weighted by Crippen LogP contribution is -2.34. The first-order chi connectivity index (χ1) is 13.4. The summed E-state index contributed by atoms with van der Waals surface area (Å²) in [6.07, 6.45) is 6.51. The summed E-state index contributed by atoms with van der Waals surface area (Å²) >= 11 is 0. The molecule has 146 valence electrons. The lowest BCUT2D eigenvalue weighted by atomic mass is 9.87. The number of benzene rings is 2. The molecule has 0 spiro atoms. The highest BCUT2D eigenvalue weighted by atomic mass is 16.6. The highest BCUT2D eigenvalue weighted by Crippen LogP contribution is 2.26. The number of hydrogen-bond acceptors (Lipinski definition) is 3. The number of nitrogens with one attached hydrogen (secondary N) is 1. The molecular formula is C23H26N2O3. The molecule has 2 rings (SSSR count). The monoisotopic (exact) mass is 378 g/mol. The first kappa shape index (κ1) is 21.0. The van der Waals surface area contributed by atoms with E-state index in [0.29, 0.717) is 17.1 Å². The van der Waals surface area contributed by atoms with Gasteiger partial charge in [0.2, 0.25) is 5.91 Å². The van der Waals surface area contributed by atoms with Gasteiger partial charge in [-0.1, -0.05) is 57.4 Å². The van der Waals surface area contributed by atoms with Gasteiger partial charge in [0.25, 0.3) is 0 Å². The van der Waals surface area contributed by atoms with E-state index in [1.54, 1.807) is 36.4 Å². The number of ether oxygens (including phenoxy) is 1. The maximum absolute atomic E-state index is 12.6. The molecule has 0 radical (unpaired) electrons. The van der Waals surface area contributed by atoms with Crippen LogP contribution in [-0.4, -0.2) is 18.5 Å². The lowest BCUT2D eigenvalue weighted by molar-refractivity contribution is -0.124. The third kappa shape index (κ3) is 5.62. The number of hydrogen-bond donors (Lipinski definition) is 1. The molecule has 5 nitrogen and oxygen atoms in total. The fourth-order valence-corrected chi connectivity index (χ4v) is 2.79. The molecule has 28 heavy (non-hydrogen) atoms. The van der Waals surface area contributed by atoms with Gasteiger partial charge in [0, 0.05) is 22.9 Å². The second-order valence-corrected chi connectivity index (χ2v) is 7.11. The topological polar surface area (TPSA) is 58.6 Å². The summed E-state index contributed by atoms with van der Waals surface area (Å²) < 4.78 is 5.48. The molecule has 2 aromatic carbocycles. The number of anilines is 2. The van der Waals surface area contributed by atoms with Crippen LogP contribution in [0.5, 0.6) is 5.75 Å². The molecule has 0 aromatic heterocycles. The minimum Gasteiger partial charge on any atom is -0.410 e. The van der Waals surface area contributed by atoms with Gasteiger partial charge >= 0.3 is 6.09 Å². The number of carbonyl (C=O) groups is 2. The summed E-state index contributed by atoms with van der Waals surface area (Å²) in [4.78, 5) is 26.5. The average molecular weight is 378 g/mol. The van der Waals surface area contributed by atoms with Crippen molar-refractivity contribution in [3.63, 3.8) is 0 Å². The van der Waals surface area contributed by atoms with Crippen LogP contribution in [0, 0.1) is 17.8 Å². The van der Waals surface area contributed by atoms with E-state index in [9.17, 15) is 9.59 Å². The molecule has 0 saturated heterocycles. The van der Waals surface area contributed by atoms with Gasteiger partial charge in [0.1, 0.15) is 5.75 Å². The Morgan fingerprint density at radius 2 is 1.86 bits per heavy atom. The number of para-hydroxylation sites is 1. The van der Waals surface area contributed by atoms with Crippen LogP contribution in [0.2, 0.25) is 0 Å². The van der Waals surface area contributed by atoms with Crippen molar-refractivity contribution >= 4 is 23.4 Å². The number of amides is 2.